The van der Waals surface area contributed by atoms with Gasteiger partial charge in [0.05, 0.1) is 17.7 Å². The number of ketones is 1. The van der Waals surface area contributed by atoms with Crippen molar-refractivity contribution in [3.8, 4) is 0 Å². The first-order chi connectivity index (χ1) is 13.1. The average Bonchev–Trinajstić information content (AvgIpc) is 2.89. The van der Waals surface area contributed by atoms with Crippen LogP contribution < -0.4 is 5.32 Å². The van der Waals surface area contributed by atoms with Gasteiger partial charge in [-0.05, 0) is 51.1 Å². The molecule has 0 radical (unpaired) electrons. The second-order valence-electron chi connectivity index (χ2n) is 7.49. The van der Waals surface area contributed by atoms with Crippen LogP contribution in [0.25, 0.3) is 0 Å². The highest BCUT2D eigenvalue weighted by molar-refractivity contribution is 6.31. The van der Waals surface area contributed by atoms with E-state index in [9.17, 15) is 19.2 Å². The number of hydrogen-bond donors (Lipinski definition) is 1. The van der Waals surface area contributed by atoms with Crippen molar-refractivity contribution in [2.45, 2.75) is 26.3 Å². The molecule has 1 heterocycles. The second kappa shape index (κ2) is 7.20. The molecule has 0 aromatic heterocycles. The molecular weight excluding hydrogens is 380 g/mol. The molecule has 144 valence electrons. The van der Waals surface area contributed by atoms with Gasteiger partial charge in [-0.15, -0.1) is 0 Å². The Kier molecular flexibility index (Phi) is 5.08. The van der Waals surface area contributed by atoms with E-state index < -0.39 is 17.4 Å². The molecule has 0 spiro atoms. The highest BCUT2D eigenvalue weighted by atomic mass is 35.5. The first kappa shape index (κ1) is 19.8. The summed E-state index contributed by atoms with van der Waals surface area (Å²) < 4.78 is 0. The maximum Gasteiger partial charge on any atom is 0.262 e. The molecular formula is C21H19ClN2O4. The van der Waals surface area contributed by atoms with Gasteiger partial charge in [0.25, 0.3) is 17.7 Å². The van der Waals surface area contributed by atoms with Gasteiger partial charge in [-0.2, -0.15) is 0 Å². The summed E-state index contributed by atoms with van der Waals surface area (Å²) in [5, 5.41) is 2.97. The standard InChI is InChI=1S/C21H19ClN2O4/c1-21(2,3)24-19(27)15-8-7-13(10-16(15)20(24)28)18(26)23-11-17(25)12-5-4-6-14(22)9-12/h4-10H,11H2,1-3H3,(H,23,26). The zero-order valence-electron chi connectivity index (χ0n) is 15.7. The highest BCUT2D eigenvalue weighted by Crippen LogP contribution is 2.29. The molecule has 7 heteroatoms. The van der Waals surface area contributed by atoms with Crippen LogP contribution in [0.3, 0.4) is 0 Å². The fraction of sp³-hybridized carbons (Fsp3) is 0.238. The highest BCUT2D eigenvalue weighted by Gasteiger charge is 2.42. The van der Waals surface area contributed by atoms with Crippen LogP contribution in [0.5, 0.6) is 0 Å². The Bertz CT molecular complexity index is 1010. The van der Waals surface area contributed by atoms with Crippen molar-refractivity contribution >= 4 is 35.1 Å². The molecule has 0 saturated carbocycles. The Morgan fingerprint density at radius 1 is 0.964 bits per heavy atom. The lowest BCUT2D eigenvalue weighted by molar-refractivity contribution is 0.0507. The van der Waals surface area contributed by atoms with E-state index in [2.05, 4.69) is 5.32 Å². The number of hydrogen-bond acceptors (Lipinski definition) is 4. The van der Waals surface area contributed by atoms with Crippen molar-refractivity contribution in [1.82, 2.24) is 10.2 Å². The minimum atomic E-state index is -0.668. The van der Waals surface area contributed by atoms with Crippen molar-refractivity contribution in [2.24, 2.45) is 0 Å². The molecule has 0 saturated heterocycles. The molecule has 3 amide bonds. The third-order valence-electron chi connectivity index (χ3n) is 4.38. The van der Waals surface area contributed by atoms with Crippen molar-refractivity contribution in [3.05, 3.63) is 69.7 Å². The predicted octanol–water partition coefficient (Wildman–Crippen LogP) is 3.35. The van der Waals surface area contributed by atoms with E-state index in [-0.39, 0.29) is 34.9 Å². The molecule has 28 heavy (non-hydrogen) atoms. The number of halogens is 1. The van der Waals surface area contributed by atoms with Gasteiger partial charge in [0, 0.05) is 21.7 Å². The van der Waals surface area contributed by atoms with Crippen LogP contribution in [0.1, 0.15) is 62.2 Å². The van der Waals surface area contributed by atoms with E-state index in [1.807, 2.05) is 0 Å². The summed E-state index contributed by atoms with van der Waals surface area (Å²) in [5.74, 6) is -1.61. The van der Waals surface area contributed by atoms with Gasteiger partial charge in [-0.1, -0.05) is 23.7 Å². The molecule has 3 rings (SSSR count). The van der Waals surface area contributed by atoms with Crippen LogP contribution in [0.2, 0.25) is 5.02 Å². The van der Waals surface area contributed by atoms with Gasteiger partial charge in [-0.25, -0.2) is 0 Å². The first-order valence-electron chi connectivity index (χ1n) is 8.69. The van der Waals surface area contributed by atoms with Crippen LogP contribution in [-0.2, 0) is 0 Å². The van der Waals surface area contributed by atoms with Crippen molar-refractivity contribution in [3.63, 3.8) is 0 Å². The van der Waals surface area contributed by atoms with Gasteiger partial charge < -0.3 is 5.32 Å². The number of amides is 3. The molecule has 1 aliphatic heterocycles. The van der Waals surface area contributed by atoms with Gasteiger partial charge in [0.1, 0.15) is 0 Å². The SMILES string of the molecule is CC(C)(C)N1C(=O)c2ccc(C(=O)NCC(=O)c3cccc(Cl)c3)cc2C1=O. The first-order valence-corrected chi connectivity index (χ1v) is 9.07. The van der Waals surface area contributed by atoms with Crippen molar-refractivity contribution < 1.29 is 19.2 Å². The van der Waals surface area contributed by atoms with Gasteiger partial charge in [-0.3, -0.25) is 24.1 Å². The van der Waals surface area contributed by atoms with Crippen molar-refractivity contribution in [1.29, 1.82) is 0 Å². The molecule has 2 aromatic rings. The molecule has 0 atom stereocenters. The van der Waals surface area contributed by atoms with Crippen LogP contribution in [0.15, 0.2) is 42.5 Å². The molecule has 0 unspecified atom stereocenters. The summed E-state index contributed by atoms with van der Waals surface area (Å²) in [4.78, 5) is 50.9. The molecule has 1 N–H and O–H groups in total. The second-order valence-corrected chi connectivity index (χ2v) is 7.93. The topological polar surface area (TPSA) is 83.6 Å². The number of nitrogens with one attached hydrogen (secondary N) is 1. The number of carbonyl (C=O) groups excluding carboxylic acids is 4. The number of fused-ring (bicyclic) bond motifs is 1. The van der Waals surface area contributed by atoms with E-state index in [0.29, 0.717) is 10.6 Å². The zero-order valence-corrected chi connectivity index (χ0v) is 16.5. The monoisotopic (exact) mass is 398 g/mol. The maximum absolute atomic E-state index is 12.6. The summed E-state index contributed by atoms with van der Waals surface area (Å²) in [6.07, 6.45) is 0. The number of Topliss-reactive ketones (excluding diaryl/α,β-unsaturated/α-hetero) is 1. The Morgan fingerprint density at radius 2 is 1.64 bits per heavy atom. The fourth-order valence-electron chi connectivity index (χ4n) is 3.02. The normalized spacial score (nSPS) is 13.5. The lowest BCUT2D eigenvalue weighted by atomic mass is 10.1. The number of carbonyl (C=O) groups is 4. The van der Waals surface area contributed by atoms with E-state index in [0.717, 1.165) is 0 Å². The van der Waals surface area contributed by atoms with E-state index in [1.54, 1.807) is 39.0 Å². The molecule has 6 nitrogen and oxygen atoms in total. The van der Waals surface area contributed by atoms with Crippen LogP contribution in [0.4, 0.5) is 0 Å². The number of rotatable bonds is 4. The molecule has 0 fully saturated rings. The average molecular weight is 399 g/mol. The Hall–Kier alpha value is -2.99. The molecule has 0 bridgehead atoms. The summed E-state index contributed by atoms with van der Waals surface area (Å²) in [6, 6.07) is 10.8. The van der Waals surface area contributed by atoms with Crippen LogP contribution in [0, 0.1) is 0 Å². The molecule has 2 aromatic carbocycles. The third kappa shape index (κ3) is 3.68. The minimum absolute atomic E-state index is 0.189. The van der Waals surface area contributed by atoms with E-state index in [1.165, 1.54) is 29.2 Å². The van der Waals surface area contributed by atoms with Gasteiger partial charge in [0.15, 0.2) is 5.78 Å². The summed E-state index contributed by atoms with van der Waals surface area (Å²) in [6.45, 7) is 5.09. The summed E-state index contributed by atoms with van der Waals surface area (Å²) >= 11 is 5.87. The third-order valence-corrected chi connectivity index (χ3v) is 4.61. The van der Waals surface area contributed by atoms with Crippen LogP contribution in [-0.4, -0.2) is 40.5 Å². The number of imide groups is 1. The Balaban J connectivity index is 1.75. The van der Waals surface area contributed by atoms with Gasteiger partial charge in [0.2, 0.25) is 0 Å². The lowest BCUT2D eigenvalue weighted by Crippen LogP contribution is -2.45. The van der Waals surface area contributed by atoms with Crippen LogP contribution >= 0.6 is 11.6 Å². The van der Waals surface area contributed by atoms with Crippen molar-refractivity contribution in [2.75, 3.05) is 6.54 Å². The zero-order chi connectivity index (χ0) is 20.6. The molecule has 1 aliphatic rings. The number of benzene rings is 2. The summed E-state index contributed by atoms with van der Waals surface area (Å²) in [7, 11) is 0. The largest absolute Gasteiger partial charge is 0.345 e. The fourth-order valence-corrected chi connectivity index (χ4v) is 3.21. The summed E-state index contributed by atoms with van der Waals surface area (Å²) in [5.41, 5.74) is 0.386. The van der Waals surface area contributed by atoms with E-state index >= 15 is 0 Å². The van der Waals surface area contributed by atoms with Gasteiger partial charge >= 0.3 is 0 Å². The Labute approximate surface area is 167 Å². The quantitative estimate of drug-likeness (QED) is 0.632. The minimum Gasteiger partial charge on any atom is -0.345 e. The maximum atomic E-state index is 12.6. The lowest BCUT2D eigenvalue weighted by Gasteiger charge is -2.29. The predicted molar refractivity (Wildman–Crippen MR) is 105 cm³/mol. The Morgan fingerprint density at radius 3 is 2.29 bits per heavy atom. The van der Waals surface area contributed by atoms with E-state index in [4.69, 9.17) is 11.6 Å². The smallest absolute Gasteiger partial charge is 0.262 e. The molecule has 0 aliphatic carbocycles. The number of nitrogens with zero attached hydrogens (tertiary/aromatic N) is 1.